The normalized spacial score (nSPS) is 20.4. The number of ether oxygens (including phenoxy) is 1. The van der Waals surface area contributed by atoms with Gasteiger partial charge in [0.25, 0.3) is 5.91 Å². The second-order valence-corrected chi connectivity index (χ2v) is 6.03. The quantitative estimate of drug-likeness (QED) is 0.847. The number of carbonyl (C=O) groups excluding carboxylic acids is 1. The molecule has 0 aliphatic carbocycles. The summed E-state index contributed by atoms with van der Waals surface area (Å²) in [6, 6.07) is 7.37. The minimum atomic E-state index is -1.24. The van der Waals surface area contributed by atoms with Gasteiger partial charge < -0.3 is 15.2 Å². The predicted octanol–water partition coefficient (Wildman–Crippen LogP) is 2.56. The lowest BCUT2D eigenvalue weighted by molar-refractivity contribution is -0.144. The fourth-order valence-corrected chi connectivity index (χ4v) is 2.78. The summed E-state index contributed by atoms with van der Waals surface area (Å²) in [4.78, 5) is 23.8. The first-order chi connectivity index (χ1) is 10.5. The molecular formula is C17H23NO4. The van der Waals surface area contributed by atoms with Gasteiger partial charge in [0.2, 0.25) is 0 Å². The van der Waals surface area contributed by atoms with Crippen molar-refractivity contribution < 1.29 is 19.4 Å². The van der Waals surface area contributed by atoms with Crippen LogP contribution in [-0.2, 0) is 9.53 Å². The van der Waals surface area contributed by atoms with Crippen molar-refractivity contribution in [1.82, 2.24) is 5.32 Å². The number of aliphatic carboxylic acids is 1. The van der Waals surface area contributed by atoms with E-state index in [-0.39, 0.29) is 5.91 Å². The fraction of sp³-hybridized carbons (Fsp3) is 0.529. The average Bonchev–Trinajstić information content (AvgIpc) is 3.01. The molecule has 120 valence electrons. The molecule has 0 aromatic heterocycles. The lowest BCUT2D eigenvalue weighted by Gasteiger charge is -2.26. The van der Waals surface area contributed by atoms with E-state index < -0.39 is 11.5 Å². The van der Waals surface area contributed by atoms with E-state index in [0.717, 1.165) is 18.6 Å². The van der Waals surface area contributed by atoms with Crippen molar-refractivity contribution in [2.45, 2.75) is 44.6 Å². The van der Waals surface area contributed by atoms with Gasteiger partial charge in [-0.15, -0.1) is 0 Å². The number of carbonyl (C=O) groups is 2. The summed E-state index contributed by atoms with van der Waals surface area (Å²) in [7, 11) is 0. The Balaban J connectivity index is 2.15. The Kier molecular flexibility index (Phi) is 5.19. The van der Waals surface area contributed by atoms with Gasteiger partial charge in [-0.1, -0.05) is 25.5 Å². The first-order valence-corrected chi connectivity index (χ1v) is 7.70. The number of carboxylic acids is 1. The highest BCUT2D eigenvalue weighted by molar-refractivity contribution is 5.97. The van der Waals surface area contributed by atoms with Crippen LogP contribution in [0.5, 0.6) is 0 Å². The Morgan fingerprint density at radius 2 is 2.23 bits per heavy atom. The summed E-state index contributed by atoms with van der Waals surface area (Å²) in [5, 5.41) is 12.0. The molecule has 1 aliphatic heterocycles. The Morgan fingerprint density at radius 1 is 1.45 bits per heavy atom. The van der Waals surface area contributed by atoms with Gasteiger partial charge in [-0.3, -0.25) is 4.79 Å². The molecule has 0 radical (unpaired) electrons. The summed E-state index contributed by atoms with van der Waals surface area (Å²) >= 11 is 0. The fourth-order valence-electron chi connectivity index (χ4n) is 2.78. The zero-order valence-electron chi connectivity index (χ0n) is 13.1. The first kappa shape index (κ1) is 16.5. The summed E-state index contributed by atoms with van der Waals surface area (Å²) in [6.45, 7) is 4.86. The minimum Gasteiger partial charge on any atom is -0.480 e. The lowest BCUT2D eigenvalue weighted by Crippen LogP contribution is -2.52. The Labute approximate surface area is 130 Å². The van der Waals surface area contributed by atoms with Gasteiger partial charge >= 0.3 is 5.97 Å². The SMILES string of the molecule is CCCC(C)(NC(=O)c1cccc(C2CCOC2)c1)C(=O)O. The monoisotopic (exact) mass is 305 g/mol. The van der Waals surface area contributed by atoms with E-state index in [0.29, 0.717) is 30.9 Å². The molecule has 2 N–H and O–H groups in total. The third-order valence-electron chi connectivity index (χ3n) is 4.16. The van der Waals surface area contributed by atoms with Gasteiger partial charge in [0, 0.05) is 18.1 Å². The average molecular weight is 305 g/mol. The third-order valence-corrected chi connectivity index (χ3v) is 4.16. The van der Waals surface area contributed by atoms with Crippen molar-refractivity contribution in [3.05, 3.63) is 35.4 Å². The third kappa shape index (κ3) is 3.65. The molecule has 1 aliphatic rings. The van der Waals surface area contributed by atoms with Crippen LogP contribution in [0, 0.1) is 0 Å². The molecular weight excluding hydrogens is 282 g/mol. The van der Waals surface area contributed by atoms with Crippen molar-refractivity contribution in [2.75, 3.05) is 13.2 Å². The summed E-state index contributed by atoms with van der Waals surface area (Å²) in [6.07, 6.45) is 2.03. The van der Waals surface area contributed by atoms with E-state index in [1.165, 1.54) is 0 Å². The predicted molar refractivity (Wildman–Crippen MR) is 83.0 cm³/mol. The van der Waals surface area contributed by atoms with E-state index >= 15 is 0 Å². The number of carboxylic acid groups (broad SMARTS) is 1. The largest absolute Gasteiger partial charge is 0.480 e. The van der Waals surface area contributed by atoms with Crippen LogP contribution in [0.3, 0.4) is 0 Å². The smallest absolute Gasteiger partial charge is 0.329 e. The number of hydrogen-bond acceptors (Lipinski definition) is 3. The Hall–Kier alpha value is -1.88. The number of benzene rings is 1. The summed E-state index contributed by atoms with van der Waals surface area (Å²) in [5.41, 5.74) is 0.323. The Bertz CT molecular complexity index is 551. The molecule has 1 aromatic carbocycles. The van der Waals surface area contributed by atoms with Crippen molar-refractivity contribution in [3.8, 4) is 0 Å². The van der Waals surface area contributed by atoms with E-state index in [9.17, 15) is 14.7 Å². The van der Waals surface area contributed by atoms with Crippen molar-refractivity contribution in [2.24, 2.45) is 0 Å². The van der Waals surface area contributed by atoms with Gasteiger partial charge in [-0.05, 0) is 37.5 Å². The van der Waals surface area contributed by atoms with Gasteiger partial charge in [0.1, 0.15) is 5.54 Å². The second-order valence-electron chi connectivity index (χ2n) is 6.03. The Morgan fingerprint density at radius 3 is 2.82 bits per heavy atom. The van der Waals surface area contributed by atoms with Crippen LogP contribution in [0.25, 0.3) is 0 Å². The second kappa shape index (κ2) is 6.92. The molecule has 22 heavy (non-hydrogen) atoms. The summed E-state index contributed by atoms with van der Waals surface area (Å²) in [5.74, 6) is -1.04. The zero-order chi connectivity index (χ0) is 16.2. The van der Waals surface area contributed by atoms with Gasteiger partial charge in [-0.2, -0.15) is 0 Å². The number of nitrogens with one attached hydrogen (secondary N) is 1. The molecule has 0 spiro atoms. The highest BCUT2D eigenvalue weighted by atomic mass is 16.5. The van der Waals surface area contributed by atoms with Crippen LogP contribution in [0.4, 0.5) is 0 Å². The van der Waals surface area contributed by atoms with E-state index in [2.05, 4.69) is 5.32 Å². The van der Waals surface area contributed by atoms with Crippen LogP contribution in [0.2, 0.25) is 0 Å². The van der Waals surface area contributed by atoms with Crippen molar-refractivity contribution >= 4 is 11.9 Å². The molecule has 0 saturated carbocycles. The lowest BCUT2D eigenvalue weighted by atomic mass is 9.94. The molecule has 1 saturated heterocycles. The minimum absolute atomic E-state index is 0.314. The van der Waals surface area contributed by atoms with E-state index in [1.54, 1.807) is 13.0 Å². The van der Waals surface area contributed by atoms with E-state index in [4.69, 9.17) is 4.74 Å². The first-order valence-electron chi connectivity index (χ1n) is 7.70. The molecule has 1 fully saturated rings. The number of hydrogen-bond donors (Lipinski definition) is 2. The highest BCUT2D eigenvalue weighted by Gasteiger charge is 2.34. The maximum atomic E-state index is 12.4. The molecule has 5 heteroatoms. The molecule has 2 atom stereocenters. The van der Waals surface area contributed by atoms with Gasteiger partial charge in [0.05, 0.1) is 6.61 Å². The molecule has 1 heterocycles. The zero-order valence-corrected chi connectivity index (χ0v) is 13.1. The molecule has 2 rings (SSSR count). The maximum Gasteiger partial charge on any atom is 0.329 e. The highest BCUT2D eigenvalue weighted by Crippen LogP contribution is 2.26. The van der Waals surface area contributed by atoms with Crippen LogP contribution in [0.15, 0.2) is 24.3 Å². The van der Waals surface area contributed by atoms with Crippen molar-refractivity contribution in [1.29, 1.82) is 0 Å². The molecule has 5 nitrogen and oxygen atoms in total. The van der Waals surface area contributed by atoms with Gasteiger partial charge in [0.15, 0.2) is 0 Å². The summed E-state index contributed by atoms with van der Waals surface area (Å²) < 4.78 is 5.38. The standard InChI is InChI=1S/C17H23NO4/c1-3-8-17(2,16(20)21)18-15(19)13-6-4-5-12(10-13)14-7-9-22-11-14/h4-6,10,14H,3,7-9,11H2,1-2H3,(H,18,19)(H,20,21). The van der Waals surface area contributed by atoms with Crippen molar-refractivity contribution in [3.63, 3.8) is 0 Å². The van der Waals surface area contributed by atoms with Crippen LogP contribution in [0.1, 0.15) is 54.9 Å². The molecule has 2 unspecified atom stereocenters. The number of rotatable bonds is 6. The molecule has 1 aromatic rings. The van der Waals surface area contributed by atoms with Crippen LogP contribution in [-0.4, -0.2) is 35.7 Å². The van der Waals surface area contributed by atoms with E-state index in [1.807, 2.05) is 25.1 Å². The maximum absolute atomic E-state index is 12.4. The molecule has 0 bridgehead atoms. The van der Waals surface area contributed by atoms with Crippen LogP contribution >= 0.6 is 0 Å². The molecule has 1 amide bonds. The number of amides is 1. The van der Waals surface area contributed by atoms with Crippen LogP contribution < -0.4 is 5.32 Å². The topological polar surface area (TPSA) is 75.6 Å². The van der Waals surface area contributed by atoms with Gasteiger partial charge in [-0.25, -0.2) is 4.79 Å².